The lowest BCUT2D eigenvalue weighted by atomic mass is 10.2. The number of ether oxygens (including phenoxy) is 1. The van der Waals surface area contributed by atoms with E-state index in [-0.39, 0.29) is 12.0 Å². The van der Waals surface area contributed by atoms with Crippen LogP contribution in [0.1, 0.15) is 36.8 Å². The van der Waals surface area contributed by atoms with Crippen LogP contribution in [0.4, 0.5) is 5.13 Å². The van der Waals surface area contributed by atoms with Crippen molar-refractivity contribution in [1.82, 2.24) is 4.98 Å². The minimum absolute atomic E-state index is 0.115. The van der Waals surface area contributed by atoms with Gasteiger partial charge in [0.1, 0.15) is 0 Å². The molecule has 2 heterocycles. The molecule has 1 aliphatic heterocycles. The van der Waals surface area contributed by atoms with E-state index in [1.165, 1.54) is 10.5 Å². The highest BCUT2D eigenvalue weighted by Crippen LogP contribution is 2.32. The number of benzene rings is 2. The Morgan fingerprint density at radius 3 is 2.80 bits per heavy atom. The Labute approximate surface area is 186 Å². The summed E-state index contributed by atoms with van der Waals surface area (Å²) in [4.78, 5) is 21.1. The summed E-state index contributed by atoms with van der Waals surface area (Å²) >= 11 is 3.41. The standard InChI is InChI=1S/C24H28N2O2S2/c1-17-10-12-20(13-11-17)29-15-5-9-22(27)26(16-19-7-4-14-28-19)24-25-23-18(2)6-3-8-21(23)30-24/h3,6,8,10-13,19H,4-5,7,9,14-16H2,1-2H3. The van der Waals surface area contributed by atoms with Crippen LogP contribution in [0.3, 0.4) is 0 Å². The van der Waals surface area contributed by atoms with Gasteiger partial charge in [-0.1, -0.05) is 41.2 Å². The third-order valence-electron chi connectivity index (χ3n) is 5.38. The average Bonchev–Trinajstić information content (AvgIpc) is 3.41. The van der Waals surface area contributed by atoms with Gasteiger partial charge < -0.3 is 4.74 Å². The normalized spacial score (nSPS) is 16.3. The monoisotopic (exact) mass is 440 g/mol. The third-order valence-corrected chi connectivity index (χ3v) is 7.52. The molecule has 0 saturated carbocycles. The number of aryl methyl sites for hydroxylation is 2. The molecule has 158 valence electrons. The second-order valence-electron chi connectivity index (χ2n) is 7.82. The highest BCUT2D eigenvalue weighted by Gasteiger charge is 2.26. The SMILES string of the molecule is Cc1ccc(SCCCC(=O)N(CC2CCCO2)c2nc3c(C)cccc3s2)cc1. The number of carbonyl (C=O) groups is 1. The molecule has 1 amide bonds. The van der Waals surface area contributed by atoms with E-state index in [1.807, 2.05) is 22.7 Å². The van der Waals surface area contributed by atoms with Crippen molar-refractivity contribution in [3.8, 4) is 0 Å². The van der Waals surface area contributed by atoms with E-state index in [1.54, 1.807) is 11.3 Å². The molecule has 4 nitrogen and oxygen atoms in total. The summed E-state index contributed by atoms with van der Waals surface area (Å²) < 4.78 is 6.95. The molecule has 0 N–H and O–H groups in total. The van der Waals surface area contributed by atoms with E-state index in [2.05, 4.69) is 50.2 Å². The second-order valence-corrected chi connectivity index (χ2v) is 10.00. The number of anilines is 1. The summed E-state index contributed by atoms with van der Waals surface area (Å²) in [6.45, 7) is 5.56. The van der Waals surface area contributed by atoms with Crippen LogP contribution >= 0.6 is 23.1 Å². The first-order valence-corrected chi connectivity index (χ1v) is 12.4. The van der Waals surface area contributed by atoms with Gasteiger partial charge in [-0.2, -0.15) is 0 Å². The molecule has 1 unspecified atom stereocenters. The molecule has 1 atom stereocenters. The fourth-order valence-corrected chi connectivity index (χ4v) is 5.57. The summed E-state index contributed by atoms with van der Waals surface area (Å²) in [6, 6.07) is 14.8. The van der Waals surface area contributed by atoms with Crippen molar-refractivity contribution in [3.63, 3.8) is 0 Å². The number of hydrogen-bond acceptors (Lipinski definition) is 5. The molecule has 0 spiro atoms. The number of thioether (sulfide) groups is 1. The smallest absolute Gasteiger partial charge is 0.228 e. The van der Waals surface area contributed by atoms with Crippen LogP contribution in [0.25, 0.3) is 10.2 Å². The first kappa shape index (κ1) is 21.3. The molecule has 6 heteroatoms. The van der Waals surface area contributed by atoms with Crippen molar-refractivity contribution in [1.29, 1.82) is 0 Å². The largest absolute Gasteiger partial charge is 0.376 e. The predicted molar refractivity (Wildman–Crippen MR) is 127 cm³/mol. The maximum Gasteiger partial charge on any atom is 0.228 e. The van der Waals surface area contributed by atoms with Crippen LogP contribution in [0, 0.1) is 13.8 Å². The van der Waals surface area contributed by atoms with Gasteiger partial charge in [0.2, 0.25) is 5.91 Å². The van der Waals surface area contributed by atoms with Gasteiger partial charge >= 0.3 is 0 Å². The molecule has 0 aliphatic carbocycles. The minimum Gasteiger partial charge on any atom is -0.376 e. The average molecular weight is 441 g/mol. The molecule has 0 radical (unpaired) electrons. The molecule has 4 rings (SSSR count). The zero-order valence-corrected chi connectivity index (χ0v) is 19.2. The van der Waals surface area contributed by atoms with Crippen LogP contribution in [0.2, 0.25) is 0 Å². The number of aromatic nitrogens is 1. The van der Waals surface area contributed by atoms with Crippen LogP contribution in [-0.4, -0.2) is 35.9 Å². The van der Waals surface area contributed by atoms with Crippen molar-refractivity contribution in [3.05, 3.63) is 53.6 Å². The molecule has 1 aromatic heterocycles. The number of fused-ring (bicyclic) bond motifs is 1. The van der Waals surface area contributed by atoms with Crippen LogP contribution in [0.15, 0.2) is 47.4 Å². The second kappa shape index (κ2) is 9.94. The van der Waals surface area contributed by atoms with Gasteiger partial charge in [-0.05, 0) is 62.6 Å². The Morgan fingerprint density at radius 2 is 2.07 bits per heavy atom. The molecule has 30 heavy (non-hydrogen) atoms. The number of thiazole rings is 1. The minimum atomic E-state index is 0.115. The van der Waals surface area contributed by atoms with E-state index in [9.17, 15) is 4.79 Å². The van der Waals surface area contributed by atoms with E-state index in [0.717, 1.165) is 52.5 Å². The third kappa shape index (κ3) is 5.23. The molecule has 0 bridgehead atoms. The lowest BCUT2D eigenvalue weighted by Gasteiger charge is -2.23. The van der Waals surface area contributed by atoms with Crippen molar-refractivity contribution < 1.29 is 9.53 Å². The molecule has 1 saturated heterocycles. The van der Waals surface area contributed by atoms with Gasteiger partial charge in [0.15, 0.2) is 5.13 Å². The fraction of sp³-hybridized carbons (Fsp3) is 0.417. The first-order chi connectivity index (χ1) is 14.6. The maximum atomic E-state index is 13.2. The Hall–Kier alpha value is -1.89. The molecular weight excluding hydrogens is 412 g/mol. The van der Waals surface area contributed by atoms with E-state index >= 15 is 0 Å². The van der Waals surface area contributed by atoms with Crippen molar-refractivity contribution in [2.24, 2.45) is 0 Å². The molecule has 1 aliphatic rings. The first-order valence-electron chi connectivity index (χ1n) is 10.6. The van der Waals surface area contributed by atoms with Crippen molar-refractivity contribution in [2.45, 2.75) is 50.5 Å². The maximum absolute atomic E-state index is 13.2. The van der Waals surface area contributed by atoms with Crippen LogP contribution in [-0.2, 0) is 9.53 Å². The van der Waals surface area contributed by atoms with Gasteiger partial charge in [-0.15, -0.1) is 11.8 Å². The summed E-state index contributed by atoms with van der Waals surface area (Å²) in [5.74, 6) is 1.08. The Bertz CT molecular complexity index is 994. The Kier molecular flexibility index (Phi) is 7.08. The zero-order valence-electron chi connectivity index (χ0n) is 17.6. The quantitative estimate of drug-likeness (QED) is 0.318. The number of hydrogen-bond donors (Lipinski definition) is 0. The molecule has 2 aromatic carbocycles. The number of amides is 1. The predicted octanol–water partition coefficient (Wildman–Crippen LogP) is 6.00. The highest BCUT2D eigenvalue weighted by molar-refractivity contribution is 7.99. The number of nitrogens with zero attached hydrogens (tertiary/aromatic N) is 2. The summed E-state index contributed by atoms with van der Waals surface area (Å²) in [5, 5.41) is 0.797. The van der Waals surface area contributed by atoms with E-state index in [0.29, 0.717) is 13.0 Å². The summed E-state index contributed by atoms with van der Waals surface area (Å²) in [5.41, 5.74) is 3.41. The Morgan fingerprint density at radius 1 is 1.23 bits per heavy atom. The van der Waals surface area contributed by atoms with Gasteiger partial charge in [-0.25, -0.2) is 4.98 Å². The van der Waals surface area contributed by atoms with Gasteiger partial charge in [0.25, 0.3) is 0 Å². The molecule has 3 aromatic rings. The fourth-order valence-electron chi connectivity index (χ4n) is 3.65. The molecule has 1 fully saturated rings. The topological polar surface area (TPSA) is 42.4 Å². The Balaban J connectivity index is 1.42. The zero-order chi connectivity index (χ0) is 20.9. The number of rotatable bonds is 8. The van der Waals surface area contributed by atoms with E-state index in [4.69, 9.17) is 9.72 Å². The number of para-hydroxylation sites is 1. The van der Waals surface area contributed by atoms with Crippen molar-refractivity contribution >= 4 is 44.4 Å². The van der Waals surface area contributed by atoms with Gasteiger partial charge in [0, 0.05) is 17.9 Å². The highest BCUT2D eigenvalue weighted by atomic mass is 32.2. The number of carbonyl (C=O) groups excluding carboxylic acids is 1. The molecular formula is C24H28N2O2S2. The van der Waals surface area contributed by atoms with Gasteiger partial charge in [-0.3, -0.25) is 9.69 Å². The lowest BCUT2D eigenvalue weighted by molar-refractivity contribution is -0.119. The van der Waals surface area contributed by atoms with E-state index < -0.39 is 0 Å². The van der Waals surface area contributed by atoms with Crippen molar-refractivity contribution in [2.75, 3.05) is 23.8 Å². The van der Waals surface area contributed by atoms with Crippen LogP contribution in [0.5, 0.6) is 0 Å². The summed E-state index contributed by atoms with van der Waals surface area (Å²) in [7, 11) is 0. The summed E-state index contributed by atoms with van der Waals surface area (Å²) in [6.07, 6.45) is 3.57. The lowest BCUT2D eigenvalue weighted by Crippen LogP contribution is -2.37. The van der Waals surface area contributed by atoms with Gasteiger partial charge in [0.05, 0.1) is 22.9 Å². The van der Waals surface area contributed by atoms with Crippen LogP contribution < -0.4 is 4.90 Å².